The van der Waals surface area contributed by atoms with Crippen molar-refractivity contribution in [2.45, 2.75) is 88.9 Å². The van der Waals surface area contributed by atoms with Gasteiger partial charge in [-0.05, 0) is 44.7 Å². The summed E-state index contributed by atoms with van der Waals surface area (Å²) >= 11 is 0. The first-order valence-electron chi connectivity index (χ1n) is 12.3. The number of hydrogen-bond donors (Lipinski definition) is 1. The highest BCUT2D eigenvalue weighted by Gasteiger charge is 2.49. The molecule has 0 radical (unpaired) electrons. The highest BCUT2D eigenvalue weighted by molar-refractivity contribution is 5.99. The van der Waals surface area contributed by atoms with Gasteiger partial charge in [-0.2, -0.15) is 5.10 Å². The van der Waals surface area contributed by atoms with Crippen LogP contribution in [0.3, 0.4) is 0 Å². The molecular formula is C26H34N4O3. The Hall–Kier alpha value is -2.83. The molecule has 1 aliphatic heterocycles. The maximum absolute atomic E-state index is 13.8. The van der Waals surface area contributed by atoms with E-state index in [2.05, 4.69) is 5.32 Å². The lowest BCUT2D eigenvalue weighted by Gasteiger charge is -2.44. The van der Waals surface area contributed by atoms with E-state index in [1.54, 1.807) is 16.7 Å². The lowest BCUT2D eigenvalue weighted by atomic mass is 9.93. The van der Waals surface area contributed by atoms with Crippen molar-refractivity contribution in [3.05, 3.63) is 47.3 Å². The van der Waals surface area contributed by atoms with Gasteiger partial charge in [0.1, 0.15) is 17.0 Å². The summed E-state index contributed by atoms with van der Waals surface area (Å²) in [6, 6.07) is 9.79. The number of carbonyl (C=O) groups is 2. The van der Waals surface area contributed by atoms with Crippen molar-refractivity contribution in [2.75, 3.05) is 7.11 Å². The summed E-state index contributed by atoms with van der Waals surface area (Å²) in [5, 5.41) is 8.04. The summed E-state index contributed by atoms with van der Waals surface area (Å²) in [6.45, 7) is 2.55. The molecule has 1 unspecified atom stereocenters. The Morgan fingerprint density at radius 3 is 2.58 bits per heavy atom. The number of methoxy groups -OCH3 is 1. The van der Waals surface area contributed by atoms with Crippen molar-refractivity contribution >= 4 is 11.8 Å². The second-order valence-corrected chi connectivity index (χ2v) is 10.0. The maximum atomic E-state index is 13.8. The molecule has 3 aliphatic rings. The quantitative estimate of drug-likeness (QED) is 0.675. The van der Waals surface area contributed by atoms with Crippen LogP contribution in [0.5, 0.6) is 5.75 Å². The van der Waals surface area contributed by atoms with Gasteiger partial charge in [-0.15, -0.1) is 0 Å². The molecule has 0 spiro atoms. The van der Waals surface area contributed by atoms with Gasteiger partial charge in [-0.1, -0.05) is 43.9 Å². The van der Waals surface area contributed by atoms with Crippen molar-refractivity contribution in [1.82, 2.24) is 20.0 Å². The van der Waals surface area contributed by atoms with Crippen molar-refractivity contribution in [3.8, 4) is 5.75 Å². The standard InChI is InChI=1S/C26H34N4O3/c1-26(25(32)27-20-10-5-3-4-6-11-20)17-30-22(15-21(28-30)18-13-14-18)24(31)29(26)16-19-9-7-8-12-23(19)33-2/h7-9,12,15,18,20H,3-6,10-11,13-14,16-17H2,1-2H3,(H,27,32). The zero-order chi connectivity index (χ0) is 23.0. The number of ether oxygens (including phenoxy) is 1. The molecule has 0 saturated heterocycles. The summed E-state index contributed by atoms with van der Waals surface area (Å²) in [6.07, 6.45) is 8.97. The van der Waals surface area contributed by atoms with Crippen LogP contribution in [0.4, 0.5) is 0 Å². The van der Waals surface area contributed by atoms with Crippen LogP contribution in [-0.4, -0.2) is 45.2 Å². The van der Waals surface area contributed by atoms with Crippen molar-refractivity contribution < 1.29 is 14.3 Å². The number of carbonyl (C=O) groups excluding carboxylic acids is 2. The second kappa shape index (κ2) is 8.84. The third kappa shape index (κ3) is 4.25. The summed E-state index contributed by atoms with van der Waals surface area (Å²) in [5.74, 6) is 0.927. The van der Waals surface area contributed by atoms with Crippen LogP contribution in [0.15, 0.2) is 30.3 Å². The third-order valence-corrected chi connectivity index (χ3v) is 7.51. The minimum atomic E-state index is -1.04. The summed E-state index contributed by atoms with van der Waals surface area (Å²) in [5.41, 5.74) is 1.40. The zero-order valence-electron chi connectivity index (χ0n) is 19.7. The SMILES string of the molecule is COc1ccccc1CN1C(=O)c2cc(C3CC3)nn2CC1(C)C(=O)NC1CCCCCC1. The van der Waals surface area contributed by atoms with E-state index in [0.29, 0.717) is 24.7 Å². The van der Waals surface area contributed by atoms with E-state index in [1.165, 1.54) is 12.8 Å². The van der Waals surface area contributed by atoms with Crippen LogP contribution < -0.4 is 10.1 Å². The van der Waals surface area contributed by atoms with Crippen LogP contribution in [0.1, 0.15) is 86.0 Å². The van der Waals surface area contributed by atoms with Gasteiger partial charge in [0.15, 0.2) is 0 Å². The van der Waals surface area contributed by atoms with Gasteiger partial charge in [0.25, 0.3) is 5.91 Å². The molecule has 33 heavy (non-hydrogen) atoms. The first kappa shape index (κ1) is 22.0. The number of nitrogens with zero attached hydrogens (tertiary/aromatic N) is 3. The number of para-hydroxylation sites is 1. The molecule has 176 valence electrons. The topological polar surface area (TPSA) is 76.5 Å². The molecule has 2 fully saturated rings. The monoisotopic (exact) mass is 450 g/mol. The van der Waals surface area contributed by atoms with Gasteiger partial charge in [-0.3, -0.25) is 14.3 Å². The number of rotatable bonds is 6. The lowest BCUT2D eigenvalue weighted by Crippen LogP contribution is -2.64. The number of aromatic nitrogens is 2. The normalized spacial score (nSPS) is 23.7. The average molecular weight is 451 g/mol. The molecule has 2 amide bonds. The van der Waals surface area contributed by atoms with E-state index in [1.807, 2.05) is 37.3 Å². The average Bonchev–Trinajstić information content (AvgIpc) is 3.62. The van der Waals surface area contributed by atoms with Gasteiger partial charge in [-0.25, -0.2) is 0 Å². The fourth-order valence-electron chi connectivity index (χ4n) is 5.26. The van der Waals surface area contributed by atoms with E-state index in [0.717, 1.165) is 55.5 Å². The van der Waals surface area contributed by atoms with Crippen LogP contribution in [0.2, 0.25) is 0 Å². The predicted octanol–water partition coefficient (Wildman–Crippen LogP) is 4.02. The van der Waals surface area contributed by atoms with E-state index >= 15 is 0 Å². The minimum Gasteiger partial charge on any atom is -0.496 e. The summed E-state index contributed by atoms with van der Waals surface area (Å²) in [7, 11) is 1.63. The predicted molar refractivity (Wildman–Crippen MR) is 125 cm³/mol. The van der Waals surface area contributed by atoms with Crippen molar-refractivity contribution in [3.63, 3.8) is 0 Å². The molecular weight excluding hydrogens is 416 g/mol. The Morgan fingerprint density at radius 2 is 1.88 bits per heavy atom. The molecule has 2 saturated carbocycles. The fraction of sp³-hybridized carbons (Fsp3) is 0.577. The largest absolute Gasteiger partial charge is 0.496 e. The van der Waals surface area contributed by atoms with Crippen LogP contribution in [0.25, 0.3) is 0 Å². The van der Waals surface area contributed by atoms with Gasteiger partial charge >= 0.3 is 0 Å². The molecule has 1 atom stereocenters. The van der Waals surface area contributed by atoms with Gasteiger partial charge in [0, 0.05) is 17.5 Å². The van der Waals surface area contributed by atoms with Crippen LogP contribution in [0, 0.1) is 0 Å². The van der Waals surface area contributed by atoms with Gasteiger partial charge in [0.05, 0.1) is 25.9 Å². The first-order valence-corrected chi connectivity index (χ1v) is 12.3. The first-order chi connectivity index (χ1) is 16.0. The Kier molecular flexibility index (Phi) is 5.89. The number of amides is 2. The fourth-order valence-corrected chi connectivity index (χ4v) is 5.26. The van der Waals surface area contributed by atoms with Crippen LogP contribution >= 0.6 is 0 Å². The second-order valence-electron chi connectivity index (χ2n) is 10.0. The van der Waals surface area contributed by atoms with Crippen molar-refractivity contribution in [2.24, 2.45) is 0 Å². The van der Waals surface area contributed by atoms with E-state index in [4.69, 9.17) is 9.84 Å². The highest BCUT2D eigenvalue weighted by Crippen LogP contribution is 2.41. The molecule has 1 N–H and O–H groups in total. The molecule has 7 nitrogen and oxygen atoms in total. The van der Waals surface area contributed by atoms with E-state index in [-0.39, 0.29) is 17.9 Å². The highest BCUT2D eigenvalue weighted by atomic mass is 16.5. The molecule has 0 bridgehead atoms. The Balaban J connectivity index is 1.48. The third-order valence-electron chi connectivity index (χ3n) is 7.51. The van der Waals surface area contributed by atoms with E-state index < -0.39 is 5.54 Å². The molecule has 7 heteroatoms. The minimum absolute atomic E-state index is 0.0910. The molecule has 1 aromatic heterocycles. The Labute approximate surface area is 195 Å². The van der Waals surface area contributed by atoms with Crippen molar-refractivity contribution in [1.29, 1.82) is 0 Å². The molecule has 5 rings (SSSR count). The van der Waals surface area contributed by atoms with Crippen LogP contribution in [-0.2, 0) is 17.9 Å². The van der Waals surface area contributed by atoms with Gasteiger partial charge in [0.2, 0.25) is 5.91 Å². The number of hydrogen-bond acceptors (Lipinski definition) is 4. The summed E-state index contributed by atoms with van der Waals surface area (Å²) < 4.78 is 7.31. The number of nitrogens with one attached hydrogen (secondary N) is 1. The lowest BCUT2D eigenvalue weighted by molar-refractivity contribution is -0.134. The smallest absolute Gasteiger partial charge is 0.273 e. The molecule has 2 heterocycles. The Morgan fingerprint density at radius 1 is 1.15 bits per heavy atom. The Bertz CT molecular complexity index is 1040. The molecule has 2 aromatic rings. The maximum Gasteiger partial charge on any atom is 0.273 e. The zero-order valence-corrected chi connectivity index (χ0v) is 19.7. The summed E-state index contributed by atoms with van der Waals surface area (Å²) in [4.78, 5) is 29.3. The molecule has 1 aromatic carbocycles. The molecule has 2 aliphatic carbocycles. The number of benzene rings is 1. The van der Waals surface area contributed by atoms with E-state index in [9.17, 15) is 9.59 Å². The number of fused-ring (bicyclic) bond motifs is 1. The van der Waals surface area contributed by atoms with Gasteiger partial charge < -0.3 is 15.0 Å².